The van der Waals surface area contributed by atoms with Gasteiger partial charge >= 0.3 is 0 Å². The molecule has 0 aromatic heterocycles. The van der Waals surface area contributed by atoms with E-state index >= 15 is 0 Å². The van der Waals surface area contributed by atoms with Crippen molar-refractivity contribution in [1.29, 1.82) is 0 Å². The molecule has 0 radical (unpaired) electrons. The van der Waals surface area contributed by atoms with Gasteiger partial charge in [0.15, 0.2) is 0 Å². The van der Waals surface area contributed by atoms with E-state index in [9.17, 15) is 8.42 Å². The molecule has 0 spiro atoms. The van der Waals surface area contributed by atoms with Gasteiger partial charge < -0.3 is 5.73 Å². The Morgan fingerprint density at radius 2 is 2.00 bits per heavy atom. The van der Waals surface area contributed by atoms with E-state index in [1.54, 1.807) is 16.4 Å². The zero-order valence-corrected chi connectivity index (χ0v) is 13.3. The van der Waals surface area contributed by atoms with Crippen molar-refractivity contribution >= 4 is 10.0 Å². The maximum absolute atomic E-state index is 12.8. The van der Waals surface area contributed by atoms with Gasteiger partial charge in [-0.25, -0.2) is 8.42 Å². The summed E-state index contributed by atoms with van der Waals surface area (Å²) in [5, 5.41) is 0. The van der Waals surface area contributed by atoms with Crippen molar-refractivity contribution in [2.24, 2.45) is 11.1 Å². The standard InChI is InChI=1S/C15H24N2O2S/c1-12(2)13-6-4-5-7-14(13)20(18,19)17-9-8-15(3,10-16)11-17/h4-7,12H,8-11,16H2,1-3H3. The SMILES string of the molecule is CC(C)c1ccccc1S(=O)(=O)N1CCC(C)(CN)C1. The summed E-state index contributed by atoms with van der Waals surface area (Å²) in [6.07, 6.45) is 0.826. The van der Waals surface area contributed by atoms with Gasteiger partial charge in [-0.2, -0.15) is 4.31 Å². The van der Waals surface area contributed by atoms with Gasteiger partial charge in [0.25, 0.3) is 0 Å². The van der Waals surface area contributed by atoms with E-state index in [2.05, 4.69) is 6.92 Å². The van der Waals surface area contributed by atoms with Crippen molar-refractivity contribution in [3.8, 4) is 0 Å². The van der Waals surface area contributed by atoms with E-state index in [1.165, 1.54) is 0 Å². The summed E-state index contributed by atoms with van der Waals surface area (Å²) >= 11 is 0. The Morgan fingerprint density at radius 3 is 2.55 bits per heavy atom. The molecule has 1 atom stereocenters. The van der Waals surface area contributed by atoms with Crippen LogP contribution >= 0.6 is 0 Å². The lowest BCUT2D eigenvalue weighted by Crippen LogP contribution is -2.34. The van der Waals surface area contributed by atoms with Crippen LogP contribution in [-0.2, 0) is 10.0 Å². The Morgan fingerprint density at radius 1 is 1.35 bits per heavy atom. The molecular weight excluding hydrogens is 272 g/mol. The molecule has 1 aromatic carbocycles. The third kappa shape index (κ3) is 2.75. The van der Waals surface area contributed by atoms with Crippen LogP contribution < -0.4 is 5.73 Å². The Kier molecular flexibility index (Phi) is 4.23. The van der Waals surface area contributed by atoms with Crippen LogP contribution in [0.2, 0.25) is 0 Å². The fourth-order valence-electron chi connectivity index (χ4n) is 2.68. The largest absolute Gasteiger partial charge is 0.330 e. The molecule has 0 saturated carbocycles. The second-order valence-corrected chi connectivity index (χ2v) is 8.20. The number of nitrogens with two attached hydrogens (primary N) is 1. The summed E-state index contributed by atoms with van der Waals surface area (Å²) in [5.74, 6) is 0.185. The molecule has 1 aliphatic rings. The first-order chi connectivity index (χ1) is 9.30. The second-order valence-electron chi connectivity index (χ2n) is 6.30. The topological polar surface area (TPSA) is 63.4 Å². The third-order valence-electron chi connectivity index (χ3n) is 4.17. The normalized spacial score (nSPS) is 24.4. The molecule has 4 nitrogen and oxygen atoms in total. The number of hydrogen-bond donors (Lipinski definition) is 1. The van der Waals surface area contributed by atoms with Gasteiger partial charge in [-0.3, -0.25) is 0 Å². The van der Waals surface area contributed by atoms with Gasteiger partial charge in [0, 0.05) is 13.1 Å². The summed E-state index contributed by atoms with van der Waals surface area (Å²) in [4.78, 5) is 0.441. The summed E-state index contributed by atoms with van der Waals surface area (Å²) in [6.45, 7) is 7.67. The van der Waals surface area contributed by atoms with Crippen LogP contribution in [-0.4, -0.2) is 32.4 Å². The number of rotatable bonds is 4. The van der Waals surface area contributed by atoms with Crippen LogP contribution in [0.1, 0.15) is 38.7 Å². The average molecular weight is 296 g/mol. The first kappa shape index (κ1) is 15.5. The lowest BCUT2D eigenvalue weighted by atomic mass is 9.90. The Labute approximate surface area is 122 Å². The van der Waals surface area contributed by atoms with E-state index in [0.29, 0.717) is 24.5 Å². The van der Waals surface area contributed by atoms with Gasteiger partial charge in [-0.05, 0) is 35.9 Å². The van der Waals surface area contributed by atoms with Crippen molar-refractivity contribution in [2.75, 3.05) is 19.6 Å². The second kappa shape index (κ2) is 5.47. The molecular formula is C15H24N2O2S. The Bertz CT molecular complexity index is 583. The summed E-state index contributed by atoms with van der Waals surface area (Å²) in [6, 6.07) is 7.29. The fourth-order valence-corrected chi connectivity index (χ4v) is 4.63. The molecule has 1 fully saturated rings. The van der Waals surface area contributed by atoms with E-state index in [1.807, 2.05) is 26.0 Å². The fraction of sp³-hybridized carbons (Fsp3) is 0.600. The van der Waals surface area contributed by atoms with Crippen LogP contribution in [0.25, 0.3) is 0 Å². The van der Waals surface area contributed by atoms with E-state index in [4.69, 9.17) is 5.73 Å². The molecule has 1 aromatic rings. The van der Waals surface area contributed by atoms with Crippen molar-refractivity contribution in [3.05, 3.63) is 29.8 Å². The Balaban J connectivity index is 2.38. The Hall–Kier alpha value is -0.910. The molecule has 2 rings (SSSR count). The molecule has 0 amide bonds. The van der Waals surface area contributed by atoms with Gasteiger partial charge in [-0.1, -0.05) is 39.0 Å². The van der Waals surface area contributed by atoms with E-state index in [0.717, 1.165) is 12.0 Å². The molecule has 0 bridgehead atoms. The number of sulfonamides is 1. The van der Waals surface area contributed by atoms with Crippen molar-refractivity contribution in [3.63, 3.8) is 0 Å². The lowest BCUT2D eigenvalue weighted by Gasteiger charge is -2.23. The molecule has 1 unspecified atom stereocenters. The highest BCUT2D eigenvalue weighted by Gasteiger charge is 2.39. The van der Waals surface area contributed by atoms with Crippen LogP contribution in [0, 0.1) is 5.41 Å². The predicted octanol–water partition coefficient (Wildman–Crippen LogP) is 2.17. The van der Waals surface area contributed by atoms with Crippen LogP contribution in [0.15, 0.2) is 29.2 Å². The smallest absolute Gasteiger partial charge is 0.243 e. The molecule has 1 heterocycles. The van der Waals surface area contributed by atoms with E-state index < -0.39 is 10.0 Å². The molecule has 1 aliphatic heterocycles. The molecule has 20 heavy (non-hydrogen) atoms. The zero-order chi connectivity index (χ0) is 15.0. The molecule has 1 saturated heterocycles. The minimum absolute atomic E-state index is 0.0974. The van der Waals surface area contributed by atoms with Crippen molar-refractivity contribution < 1.29 is 8.42 Å². The highest BCUT2D eigenvalue weighted by atomic mass is 32.2. The maximum atomic E-state index is 12.8. The number of nitrogens with zero attached hydrogens (tertiary/aromatic N) is 1. The van der Waals surface area contributed by atoms with Crippen LogP contribution in [0.3, 0.4) is 0 Å². The summed E-state index contributed by atoms with van der Waals surface area (Å²) < 4.78 is 27.3. The highest BCUT2D eigenvalue weighted by Crippen LogP contribution is 2.34. The molecule has 5 heteroatoms. The van der Waals surface area contributed by atoms with Crippen LogP contribution in [0.4, 0.5) is 0 Å². The molecule has 0 aliphatic carbocycles. The van der Waals surface area contributed by atoms with Gasteiger partial charge in [-0.15, -0.1) is 0 Å². The highest BCUT2D eigenvalue weighted by molar-refractivity contribution is 7.89. The monoisotopic (exact) mass is 296 g/mol. The zero-order valence-electron chi connectivity index (χ0n) is 12.5. The predicted molar refractivity (Wildman–Crippen MR) is 81.1 cm³/mol. The van der Waals surface area contributed by atoms with Gasteiger partial charge in [0.1, 0.15) is 0 Å². The van der Waals surface area contributed by atoms with Crippen molar-refractivity contribution in [1.82, 2.24) is 4.31 Å². The first-order valence-electron chi connectivity index (χ1n) is 7.09. The van der Waals surface area contributed by atoms with E-state index in [-0.39, 0.29) is 11.3 Å². The quantitative estimate of drug-likeness (QED) is 0.926. The summed E-state index contributed by atoms with van der Waals surface area (Å²) in [5.41, 5.74) is 6.55. The van der Waals surface area contributed by atoms with Crippen LogP contribution in [0.5, 0.6) is 0 Å². The molecule has 2 N–H and O–H groups in total. The molecule has 112 valence electrons. The maximum Gasteiger partial charge on any atom is 0.243 e. The minimum atomic E-state index is -3.42. The van der Waals surface area contributed by atoms with Crippen molar-refractivity contribution in [2.45, 2.75) is 38.0 Å². The lowest BCUT2D eigenvalue weighted by molar-refractivity contribution is 0.349. The first-order valence-corrected chi connectivity index (χ1v) is 8.53. The van der Waals surface area contributed by atoms with Gasteiger partial charge in [0.2, 0.25) is 10.0 Å². The van der Waals surface area contributed by atoms with Gasteiger partial charge in [0.05, 0.1) is 4.90 Å². The average Bonchev–Trinajstić information content (AvgIpc) is 2.83. The number of benzene rings is 1. The summed E-state index contributed by atoms with van der Waals surface area (Å²) in [7, 11) is -3.42. The third-order valence-corrected chi connectivity index (χ3v) is 6.09. The minimum Gasteiger partial charge on any atom is -0.330 e. The number of hydrogen-bond acceptors (Lipinski definition) is 3.